The summed E-state index contributed by atoms with van der Waals surface area (Å²) in [6.07, 6.45) is 4.71. The highest BCUT2D eigenvalue weighted by molar-refractivity contribution is 7.07. The molecule has 186 valence electrons. The Hall–Kier alpha value is -3.91. The Labute approximate surface area is 213 Å². The minimum absolute atomic E-state index is 0.232. The lowest BCUT2D eigenvalue weighted by atomic mass is 9.95. The van der Waals surface area contributed by atoms with E-state index >= 15 is 0 Å². The van der Waals surface area contributed by atoms with Crippen molar-refractivity contribution in [2.45, 2.75) is 25.8 Å². The van der Waals surface area contributed by atoms with Gasteiger partial charge in [0.05, 0.1) is 43.2 Å². The van der Waals surface area contributed by atoms with Gasteiger partial charge in [0.25, 0.3) is 5.56 Å². The van der Waals surface area contributed by atoms with E-state index in [-0.39, 0.29) is 5.56 Å². The summed E-state index contributed by atoms with van der Waals surface area (Å²) in [4.78, 5) is 31.9. The van der Waals surface area contributed by atoms with Crippen LogP contribution in [0, 0.1) is 0 Å². The predicted molar refractivity (Wildman–Crippen MR) is 140 cm³/mol. The minimum Gasteiger partial charge on any atom is -0.493 e. The number of benzene rings is 2. The zero-order valence-electron chi connectivity index (χ0n) is 20.7. The molecule has 4 rings (SSSR count). The smallest absolute Gasteiger partial charge is 0.338 e. The molecule has 1 aliphatic rings. The van der Waals surface area contributed by atoms with E-state index < -0.39 is 12.0 Å². The first kappa shape index (κ1) is 25.2. The third-order valence-corrected chi connectivity index (χ3v) is 6.99. The number of carbonyl (C=O) groups is 1. The van der Waals surface area contributed by atoms with Gasteiger partial charge in [-0.05, 0) is 42.2 Å². The largest absolute Gasteiger partial charge is 0.493 e. The van der Waals surface area contributed by atoms with Crippen LogP contribution in [-0.4, -0.2) is 31.9 Å². The molecule has 2 heterocycles. The molecule has 0 saturated carbocycles. The maximum atomic E-state index is 13.8. The summed E-state index contributed by atoms with van der Waals surface area (Å²) < 4.78 is 18.3. The van der Waals surface area contributed by atoms with Crippen LogP contribution < -0.4 is 24.4 Å². The van der Waals surface area contributed by atoms with Gasteiger partial charge in [-0.2, -0.15) is 0 Å². The SMILES string of the molecule is C=CCc1cc(/C=c2\sc3n(c2=O)[C@@H](c2ccccc2)C(C(=O)OC)=C(CC)N=3)cc(OC)c1OC. The molecule has 0 amide bonds. The topological polar surface area (TPSA) is 79.1 Å². The molecule has 0 saturated heterocycles. The Bertz CT molecular complexity index is 1520. The average Bonchev–Trinajstić information content (AvgIpc) is 3.21. The van der Waals surface area contributed by atoms with Crippen LogP contribution in [0.2, 0.25) is 0 Å². The molecular weight excluding hydrogens is 476 g/mol. The first-order chi connectivity index (χ1) is 17.5. The number of rotatable bonds is 8. The number of fused-ring (bicyclic) bond motifs is 1. The monoisotopic (exact) mass is 504 g/mol. The van der Waals surface area contributed by atoms with Gasteiger partial charge in [-0.3, -0.25) is 9.36 Å². The Kier molecular flexibility index (Phi) is 7.55. The maximum absolute atomic E-state index is 13.8. The van der Waals surface area contributed by atoms with Gasteiger partial charge in [-0.25, -0.2) is 9.79 Å². The van der Waals surface area contributed by atoms with Crippen molar-refractivity contribution in [2.75, 3.05) is 21.3 Å². The summed E-state index contributed by atoms with van der Waals surface area (Å²) >= 11 is 1.29. The van der Waals surface area contributed by atoms with Crippen molar-refractivity contribution >= 4 is 23.4 Å². The Morgan fingerprint density at radius 1 is 1.17 bits per heavy atom. The summed E-state index contributed by atoms with van der Waals surface area (Å²) in [7, 11) is 4.51. The van der Waals surface area contributed by atoms with Gasteiger partial charge in [0.2, 0.25) is 0 Å². The van der Waals surface area contributed by atoms with Crippen molar-refractivity contribution < 1.29 is 19.0 Å². The van der Waals surface area contributed by atoms with E-state index in [1.54, 1.807) is 24.9 Å². The van der Waals surface area contributed by atoms with Gasteiger partial charge < -0.3 is 14.2 Å². The zero-order chi connectivity index (χ0) is 25.8. The highest BCUT2D eigenvalue weighted by atomic mass is 32.1. The van der Waals surface area contributed by atoms with Crippen molar-refractivity contribution in [3.63, 3.8) is 0 Å². The summed E-state index contributed by atoms with van der Waals surface area (Å²) in [5.74, 6) is 0.711. The van der Waals surface area contributed by atoms with Crippen molar-refractivity contribution in [1.29, 1.82) is 0 Å². The van der Waals surface area contributed by atoms with Crippen LogP contribution in [0.25, 0.3) is 6.08 Å². The van der Waals surface area contributed by atoms with Gasteiger partial charge in [-0.1, -0.05) is 54.7 Å². The molecule has 7 nitrogen and oxygen atoms in total. The highest BCUT2D eigenvalue weighted by Gasteiger charge is 2.33. The lowest BCUT2D eigenvalue weighted by Crippen LogP contribution is -2.40. The lowest BCUT2D eigenvalue weighted by molar-refractivity contribution is -0.136. The fraction of sp³-hybridized carbons (Fsp3) is 0.250. The van der Waals surface area contributed by atoms with Crippen molar-refractivity contribution in [3.05, 3.63) is 103 Å². The number of hydrogen-bond acceptors (Lipinski definition) is 7. The van der Waals surface area contributed by atoms with Crippen LogP contribution >= 0.6 is 11.3 Å². The number of thiazole rings is 1. The number of allylic oxidation sites excluding steroid dienone is 2. The van der Waals surface area contributed by atoms with E-state index in [1.807, 2.05) is 55.5 Å². The van der Waals surface area contributed by atoms with E-state index in [0.29, 0.717) is 44.9 Å². The summed E-state index contributed by atoms with van der Waals surface area (Å²) in [5.41, 5.74) is 3.26. The molecule has 0 unspecified atom stereocenters. The second-order valence-corrected chi connectivity index (χ2v) is 9.12. The number of ether oxygens (including phenoxy) is 3. The van der Waals surface area contributed by atoms with E-state index in [0.717, 1.165) is 16.7 Å². The zero-order valence-corrected chi connectivity index (χ0v) is 21.6. The lowest BCUT2D eigenvalue weighted by Gasteiger charge is -2.25. The quantitative estimate of drug-likeness (QED) is 0.346. The van der Waals surface area contributed by atoms with Crippen LogP contribution in [0.1, 0.15) is 36.1 Å². The summed E-state index contributed by atoms with van der Waals surface area (Å²) in [6.45, 7) is 5.76. The Morgan fingerprint density at radius 3 is 2.53 bits per heavy atom. The number of nitrogens with zero attached hydrogens (tertiary/aromatic N) is 2. The fourth-order valence-electron chi connectivity index (χ4n) is 4.42. The molecule has 1 aliphatic heterocycles. The molecule has 1 atom stereocenters. The second-order valence-electron chi connectivity index (χ2n) is 8.11. The van der Waals surface area contributed by atoms with Crippen molar-refractivity contribution in [1.82, 2.24) is 4.57 Å². The van der Waals surface area contributed by atoms with Crippen molar-refractivity contribution in [3.8, 4) is 11.5 Å². The average molecular weight is 505 g/mol. The number of methoxy groups -OCH3 is 3. The van der Waals surface area contributed by atoms with Gasteiger partial charge in [0.1, 0.15) is 0 Å². The molecule has 8 heteroatoms. The maximum Gasteiger partial charge on any atom is 0.338 e. The Balaban J connectivity index is 1.97. The first-order valence-electron chi connectivity index (χ1n) is 11.5. The van der Waals surface area contributed by atoms with E-state index in [4.69, 9.17) is 19.2 Å². The molecular formula is C28H28N2O5S. The van der Waals surface area contributed by atoms with E-state index in [2.05, 4.69) is 6.58 Å². The van der Waals surface area contributed by atoms with Crippen LogP contribution in [0.4, 0.5) is 0 Å². The predicted octanol–water partition coefficient (Wildman–Crippen LogP) is 3.54. The minimum atomic E-state index is -0.631. The van der Waals surface area contributed by atoms with Gasteiger partial charge in [0.15, 0.2) is 16.3 Å². The molecule has 0 bridgehead atoms. The number of aromatic nitrogens is 1. The van der Waals surface area contributed by atoms with Crippen molar-refractivity contribution in [2.24, 2.45) is 4.99 Å². The molecule has 0 N–H and O–H groups in total. The highest BCUT2D eigenvalue weighted by Crippen LogP contribution is 2.34. The molecule has 0 aliphatic carbocycles. The van der Waals surface area contributed by atoms with Gasteiger partial charge in [0, 0.05) is 5.56 Å². The number of carbonyl (C=O) groups excluding carboxylic acids is 1. The molecule has 3 aromatic rings. The summed E-state index contributed by atoms with van der Waals surface area (Å²) in [6, 6.07) is 12.6. The second kappa shape index (κ2) is 10.8. The first-order valence-corrected chi connectivity index (χ1v) is 12.3. The molecule has 0 radical (unpaired) electrons. The number of hydrogen-bond donors (Lipinski definition) is 0. The summed E-state index contributed by atoms with van der Waals surface area (Å²) in [5, 5.41) is 0. The molecule has 0 spiro atoms. The van der Waals surface area contributed by atoms with Crippen LogP contribution in [0.15, 0.2) is 76.2 Å². The fourth-order valence-corrected chi connectivity index (χ4v) is 5.44. The van der Waals surface area contributed by atoms with Crippen LogP contribution in [-0.2, 0) is 16.0 Å². The third-order valence-electron chi connectivity index (χ3n) is 6.01. The van der Waals surface area contributed by atoms with Gasteiger partial charge in [-0.15, -0.1) is 6.58 Å². The van der Waals surface area contributed by atoms with E-state index in [9.17, 15) is 9.59 Å². The standard InChI is InChI=1S/C28H28N2O5S/c1-6-11-19-14-17(15-21(33-3)25(19)34-4)16-22-26(31)30-24(18-12-9-8-10-13-18)23(27(32)35-5)20(7-2)29-28(30)36-22/h6,8-10,12-16,24H,1,7,11H2,2-5H3/b22-16-/t24-/m0/s1. The normalized spacial score (nSPS) is 15.2. The molecule has 36 heavy (non-hydrogen) atoms. The van der Waals surface area contributed by atoms with Crippen LogP contribution in [0.5, 0.6) is 11.5 Å². The molecule has 0 fully saturated rings. The number of esters is 1. The van der Waals surface area contributed by atoms with E-state index in [1.165, 1.54) is 18.4 Å². The van der Waals surface area contributed by atoms with Crippen LogP contribution in [0.3, 0.4) is 0 Å². The molecule has 2 aromatic carbocycles. The van der Waals surface area contributed by atoms with Gasteiger partial charge >= 0.3 is 5.97 Å². The third kappa shape index (κ3) is 4.52. The molecule has 1 aromatic heterocycles. The Morgan fingerprint density at radius 2 is 1.92 bits per heavy atom.